The van der Waals surface area contributed by atoms with E-state index >= 15 is 0 Å². The summed E-state index contributed by atoms with van der Waals surface area (Å²) in [6, 6.07) is 6.07. The van der Waals surface area contributed by atoms with Crippen LogP contribution >= 0.6 is 0 Å². The summed E-state index contributed by atoms with van der Waals surface area (Å²) in [7, 11) is -0.411. The van der Waals surface area contributed by atoms with Crippen molar-refractivity contribution in [1.82, 2.24) is 0 Å². The first-order valence-electron chi connectivity index (χ1n) is 11.9. The Bertz CT molecular complexity index is 867. The van der Waals surface area contributed by atoms with Crippen molar-refractivity contribution in [1.29, 1.82) is 0 Å². The van der Waals surface area contributed by atoms with E-state index in [1.165, 1.54) is 6.92 Å². The van der Waals surface area contributed by atoms with Crippen LogP contribution in [0, 0.1) is 11.8 Å². The highest BCUT2D eigenvalue weighted by molar-refractivity contribution is 6.62. The quantitative estimate of drug-likeness (QED) is 0.519. The number of rotatable bonds is 3. The standard InChI is InChI=1S/C25H37BO6/c1-9-20-15(2)16(3)22(28-17(4)27)25(29-20)13-12-18-14-19(10-11-21(18)30-25)26-31-23(5,6)24(7,8)32-26/h10-11,14-16,20,22H,9,12-13H2,1-8H3/t15-,16-,20+,22-,25+/m0/s1. The molecule has 5 atom stereocenters. The summed E-state index contributed by atoms with van der Waals surface area (Å²) in [5, 5.41) is 0. The normalized spacial score (nSPS) is 35.3. The fourth-order valence-electron chi connectivity index (χ4n) is 5.13. The Labute approximate surface area is 192 Å². The van der Waals surface area contributed by atoms with Crippen molar-refractivity contribution in [3.63, 3.8) is 0 Å². The van der Waals surface area contributed by atoms with Gasteiger partial charge in [-0.3, -0.25) is 4.79 Å². The van der Waals surface area contributed by atoms with Crippen molar-refractivity contribution in [2.24, 2.45) is 11.8 Å². The van der Waals surface area contributed by atoms with E-state index in [-0.39, 0.29) is 35.1 Å². The number of esters is 1. The first-order valence-corrected chi connectivity index (χ1v) is 11.9. The van der Waals surface area contributed by atoms with Gasteiger partial charge in [0.25, 0.3) is 0 Å². The Balaban J connectivity index is 1.62. The number of hydrogen-bond donors (Lipinski definition) is 0. The third-order valence-corrected chi connectivity index (χ3v) is 8.01. The molecule has 7 heteroatoms. The van der Waals surface area contributed by atoms with Crippen LogP contribution in [0.1, 0.15) is 73.8 Å². The molecule has 0 saturated carbocycles. The van der Waals surface area contributed by atoms with E-state index in [9.17, 15) is 4.79 Å². The van der Waals surface area contributed by atoms with Gasteiger partial charge in [0.1, 0.15) is 5.75 Å². The zero-order chi connectivity index (χ0) is 23.5. The van der Waals surface area contributed by atoms with E-state index in [2.05, 4.69) is 54.5 Å². The number of benzene rings is 1. The van der Waals surface area contributed by atoms with Crippen molar-refractivity contribution in [3.05, 3.63) is 23.8 Å². The molecule has 1 aromatic rings. The fourth-order valence-corrected chi connectivity index (χ4v) is 5.13. The highest BCUT2D eigenvalue weighted by Crippen LogP contribution is 2.46. The molecule has 3 aliphatic heterocycles. The van der Waals surface area contributed by atoms with Gasteiger partial charge in [0.15, 0.2) is 6.10 Å². The van der Waals surface area contributed by atoms with Gasteiger partial charge >= 0.3 is 13.1 Å². The van der Waals surface area contributed by atoms with Crippen LogP contribution in [-0.2, 0) is 30.0 Å². The molecule has 2 saturated heterocycles. The summed E-state index contributed by atoms with van der Waals surface area (Å²) in [6.45, 7) is 16.1. The zero-order valence-corrected chi connectivity index (χ0v) is 20.7. The molecule has 3 heterocycles. The number of ether oxygens (including phenoxy) is 3. The Hall–Kier alpha value is -1.57. The molecule has 3 aliphatic rings. The van der Waals surface area contributed by atoms with Gasteiger partial charge in [-0.15, -0.1) is 0 Å². The second kappa shape index (κ2) is 8.03. The average Bonchev–Trinajstić information content (AvgIpc) is 2.94. The first kappa shape index (κ1) is 23.6. The minimum atomic E-state index is -0.961. The summed E-state index contributed by atoms with van der Waals surface area (Å²) in [6.07, 6.45) is 1.88. The van der Waals surface area contributed by atoms with Gasteiger partial charge in [-0.1, -0.05) is 32.9 Å². The summed E-state index contributed by atoms with van der Waals surface area (Å²) >= 11 is 0. The van der Waals surface area contributed by atoms with E-state index in [4.69, 9.17) is 23.5 Å². The topological polar surface area (TPSA) is 63.2 Å². The van der Waals surface area contributed by atoms with Crippen LogP contribution in [0.5, 0.6) is 5.75 Å². The molecular formula is C25H37BO6. The molecule has 0 amide bonds. The van der Waals surface area contributed by atoms with Crippen LogP contribution in [0.4, 0.5) is 0 Å². The SMILES string of the molecule is CC[C@H]1O[C@@]2(CCc3cc(B4OC(C)(C)C(C)(C)O4)ccc3O2)[C@@H](OC(C)=O)[C@@H](C)[C@@H]1C. The summed E-state index contributed by atoms with van der Waals surface area (Å²) < 4.78 is 31.3. The summed E-state index contributed by atoms with van der Waals surface area (Å²) in [5.74, 6) is -0.103. The first-order chi connectivity index (χ1) is 14.9. The molecule has 176 valence electrons. The number of hydrogen-bond acceptors (Lipinski definition) is 6. The molecule has 6 nitrogen and oxygen atoms in total. The Morgan fingerprint density at radius 1 is 1.12 bits per heavy atom. The molecule has 0 bridgehead atoms. The van der Waals surface area contributed by atoms with Gasteiger partial charge in [-0.05, 0) is 63.5 Å². The van der Waals surface area contributed by atoms with E-state index in [1.807, 2.05) is 12.1 Å². The van der Waals surface area contributed by atoms with Crippen LogP contribution in [0.25, 0.3) is 0 Å². The van der Waals surface area contributed by atoms with Gasteiger partial charge in [0, 0.05) is 19.3 Å². The Morgan fingerprint density at radius 2 is 1.78 bits per heavy atom. The number of carbonyl (C=O) groups excluding carboxylic acids is 1. The molecule has 0 unspecified atom stereocenters. The molecular weight excluding hydrogens is 407 g/mol. The largest absolute Gasteiger partial charge is 0.494 e. The van der Waals surface area contributed by atoms with Crippen LogP contribution < -0.4 is 10.2 Å². The zero-order valence-electron chi connectivity index (χ0n) is 20.7. The predicted octanol–water partition coefficient (Wildman–Crippen LogP) is 4.02. The van der Waals surface area contributed by atoms with Crippen LogP contribution in [-0.4, -0.2) is 42.3 Å². The summed E-state index contributed by atoms with van der Waals surface area (Å²) in [5.41, 5.74) is 1.30. The minimum Gasteiger partial charge on any atom is -0.458 e. The summed E-state index contributed by atoms with van der Waals surface area (Å²) in [4.78, 5) is 11.9. The Morgan fingerprint density at radius 3 is 2.38 bits per heavy atom. The molecule has 1 spiro atoms. The van der Waals surface area contributed by atoms with Crippen LogP contribution in [0.3, 0.4) is 0 Å². The lowest BCUT2D eigenvalue weighted by Gasteiger charge is -2.52. The lowest BCUT2D eigenvalue weighted by molar-refractivity contribution is -0.320. The predicted molar refractivity (Wildman–Crippen MR) is 123 cm³/mol. The lowest BCUT2D eigenvalue weighted by atomic mass is 9.75. The average molecular weight is 444 g/mol. The van der Waals surface area contributed by atoms with Gasteiger partial charge in [0.2, 0.25) is 5.79 Å². The van der Waals surface area contributed by atoms with E-state index in [1.54, 1.807) is 0 Å². The van der Waals surface area contributed by atoms with Gasteiger partial charge < -0.3 is 23.5 Å². The second-order valence-corrected chi connectivity index (χ2v) is 10.7. The molecule has 1 aromatic carbocycles. The Kier molecular flexibility index (Phi) is 5.92. The maximum Gasteiger partial charge on any atom is 0.494 e. The number of fused-ring (bicyclic) bond motifs is 1. The smallest absolute Gasteiger partial charge is 0.458 e. The van der Waals surface area contributed by atoms with Gasteiger partial charge in [-0.25, -0.2) is 0 Å². The molecule has 4 rings (SSSR count). The van der Waals surface area contributed by atoms with Crippen LogP contribution in [0.2, 0.25) is 0 Å². The third-order valence-electron chi connectivity index (χ3n) is 8.01. The molecule has 0 aromatic heterocycles. The molecule has 32 heavy (non-hydrogen) atoms. The number of aryl methyl sites for hydroxylation is 1. The third kappa shape index (κ3) is 3.86. The molecule has 0 N–H and O–H groups in total. The van der Waals surface area contributed by atoms with Crippen molar-refractivity contribution in [2.75, 3.05) is 0 Å². The van der Waals surface area contributed by atoms with Crippen molar-refractivity contribution in [2.45, 2.75) is 104 Å². The monoisotopic (exact) mass is 444 g/mol. The highest BCUT2D eigenvalue weighted by atomic mass is 16.7. The molecule has 2 fully saturated rings. The molecule has 0 radical (unpaired) electrons. The van der Waals surface area contributed by atoms with Crippen molar-refractivity contribution in [3.8, 4) is 5.75 Å². The molecule has 0 aliphatic carbocycles. The second-order valence-electron chi connectivity index (χ2n) is 10.7. The van der Waals surface area contributed by atoms with E-state index in [0.29, 0.717) is 6.42 Å². The highest BCUT2D eigenvalue weighted by Gasteiger charge is 2.57. The maximum absolute atomic E-state index is 11.9. The maximum atomic E-state index is 11.9. The van der Waals surface area contributed by atoms with E-state index in [0.717, 1.165) is 29.6 Å². The minimum absolute atomic E-state index is 0.0578. The van der Waals surface area contributed by atoms with Gasteiger partial charge in [0.05, 0.1) is 17.3 Å². The number of carbonyl (C=O) groups is 1. The fraction of sp³-hybridized carbons (Fsp3) is 0.720. The van der Waals surface area contributed by atoms with Gasteiger partial charge in [-0.2, -0.15) is 0 Å². The lowest BCUT2D eigenvalue weighted by Crippen LogP contribution is -2.63. The van der Waals surface area contributed by atoms with Crippen molar-refractivity contribution < 1.29 is 28.3 Å². The van der Waals surface area contributed by atoms with E-state index < -0.39 is 19.0 Å². The van der Waals surface area contributed by atoms with Crippen LogP contribution in [0.15, 0.2) is 18.2 Å². The van der Waals surface area contributed by atoms with Crippen molar-refractivity contribution >= 4 is 18.6 Å².